The predicted octanol–water partition coefficient (Wildman–Crippen LogP) is 0.987. The van der Waals surface area contributed by atoms with E-state index in [0.29, 0.717) is 12.2 Å². The predicted molar refractivity (Wildman–Crippen MR) is 64.9 cm³/mol. The van der Waals surface area contributed by atoms with Crippen LogP contribution in [-0.2, 0) is 6.54 Å². The largest absolute Gasteiger partial charge is 0.347 e. The van der Waals surface area contributed by atoms with Gasteiger partial charge in [-0.1, -0.05) is 6.07 Å². The summed E-state index contributed by atoms with van der Waals surface area (Å²) in [5, 5.41) is 2.78. The third-order valence-electron chi connectivity index (χ3n) is 2.59. The van der Waals surface area contributed by atoms with E-state index in [1.54, 1.807) is 18.7 Å². The van der Waals surface area contributed by atoms with Gasteiger partial charge in [0.2, 0.25) is 0 Å². The van der Waals surface area contributed by atoms with Crippen molar-refractivity contribution in [3.05, 3.63) is 54.5 Å². The number of amides is 1. The summed E-state index contributed by atoms with van der Waals surface area (Å²) < 4.78 is 1.81. The number of H-pyrrole nitrogens is 1. The molecule has 1 amide bonds. The molecule has 6 nitrogen and oxygen atoms in total. The number of carbonyl (C=O) groups is 1. The molecule has 0 aliphatic heterocycles. The van der Waals surface area contributed by atoms with Crippen LogP contribution < -0.4 is 5.32 Å². The summed E-state index contributed by atoms with van der Waals surface area (Å²) in [7, 11) is 0. The van der Waals surface area contributed by atoms with Crippen LogP contribution in [0.4, 0.5) is 0 Å². The first-order valence-corrected chi connectivity index (χ1v) is 5.52. The Balaban J connectivity index is 1.75. The van der Waals surface area contributed by atoms with Gasteiger partial charge in [0, 0.05) is 18.6 Å². The van der Waals surface area contributed by atoms with Crippen LogP contribution >= 0.6 is 0 Å². The van der Waals surface area contributed by atoms with Gasteiger partial charge >= 0.3 is 0 Å². The summed E-state index contributed by atoms with van der Waals surface area (Å²) in [4.78, 5) is 22.9. The lowest BCUT2D eigenvalue weighted by Crippen LogP contribution is -2.23. The Labute approximate surface area is 103 Å². The zero-order chi connectivity index (χ0) is 12.4. The van der Waals surface area contributed by atoms with Crippen molar-refractivity contribution in [2.24, 2.45) is 0 Å². The monoisotopic (exact) mass is 241 g/mol. The second-order valence-corrected chi connectivity index (χ2v) is 3.85. The van der Waals surface area contributed by atoms with Gasteiger partial charge in [0.1, 0.15) is 11.3 Å². The molecule has 0 fully saturated rings. The number of rotatable bonds is 3. The Morgan fingerprint density at radius 2 is 2.39 bits per heavy atom. The molecule has 0 aromatic carbocycles. The Hall–Kier alpha value is -2.63. The van der Waals surface area contributed by atoms with E-state index in [0.717, 1.165) is 11.3 Å². The molecule has 2 N–H and O–H groups in total. The van der Waals surface area contributed by atoms with Gasteiger partial charge in [-0.05, 0) is 12.1 Å². The Morgan fingerprint density at radius 1 is 1.44 bits per heavy atom. The number of pyridine rings is 1. The highest BCUT2D eigenvalue weighted by molar-refractivity contribution is 5.92. The minimum Gasteiger partial charge on any atom is -0.347 e. The molecule has 0 aliphatic rings. The third kappa shape index (κ3) is 1.95. The molecule has 0 unspecified atom stereocenters. The third-order valence-corrected chi connectivity index (χ3v) is 2.59. The van der Waals surface area contributed by atoms with Gasteiger partial charge in [-0.2, -0.15) is 0 Å². The number of fused-ring (bicyclic) bond motifs is 1. The van der Waals surface area contributed by atoms with Gasteiger partial charge in [0.15, 0.2) is 0 Å². The van der Waals surface area contributed by atoms with E-state index in [-0.39, 0.29) is 5.91 Å². The number of nitrogens with one attached hydrogen (secondary N) is 2. The van der Waals surface area contributed by atoms with Gasteiger partial charge in [-0.25, -0.2) is 9.97 Å². The molecule has 3 rings (SSSR count). The van der Waals surface area contributed by atoms with Gasteiger partial charge in [-0.3, -0.25) is 4.79 Å². The van der Waals surface area contributed by atoms with Crippen LogP contribution in [-0.4, -0.2) is 25.3 Å². The molecular weight excluding hydrogens is 230 g/mol. The lowest BCUT2D eigenvalue weighted by Gasteiger charge is -1.99. The molecule has 0 radical (unpaired) electrons. The van der Waals surface area contributed by atoms with E-state index in [1.165, 1.54) is 0 Å². The van der Waals surface area contributed by atoms with Gasteiger partial charge in [0.25, 0.3) is 5.91 Å². The number of hydrogen-bond donors (Lipinski definition) is 2. The van der Waals surface area contributed by atoms with Crippen molar-refractivity contribution in [3.63, 3.8) is 0 Å². The number of aromatic nitrogens is 4. The molecule has 0 atom stereocenters. The van der Waals surface area contributed by atoms with Crippen LogP contribution in [0.2, 0.25) is 0 Å². The maximum absolute atomic E-state index is 11.9. The average Bonchev–Trinajstić information content (AvgIpc) is 3.04. The van der Waals surface area contributed by atoms with Crippen molar-refractivity contribution in [1.82, 2.24) is 24.7 Å². The van der Waals surface area contributed by atoms with Crippen LogP contribution in [0.25, 0.3) is 5.65 Å². The summed E-state index contributed by atoms with van der Waals surface area (Å²) in [6.45, 7) is 0.409. The second-order valence-electron chi connectivity index (χ2n) is 3.85. The summed E-state index contributed by atoms with van der Waals surface area (Å²) in [6, 6.07) is 5.63. The quantitative estimate of drug-likeness (QED) is 0.718. The van der Waals surface area contributed by atoms with Crippen LogP contribution in [0.15, 0.2) is 43.1 Å². The smallest absolute Gasteiger partial charge is 0.271 e. The van der Waals surface area contributed by atoms with Crippen molar-refractivity contribution in [2.75, 3.05) is 0 Å². The molecule has 0 spiro atoms. The lowest BCUT2D eigenvalue weighted by atomic mass is 10.4. The minimum atomic E-state index is -0.201. The maximum atomic E-state index is 11.9. The SMILES string of the molecule is O=C(NCc1cnc[nH]1)c1cn2ccccc2n1. The maximum Gasteiger partial charge on any atom is 0.271 e. The zero-order valence-corrected chi connectivity index (χ0v) is 9.50. The van der Waals surface area contributed by atoms with Gasteiger partial charge in [0.05, 0.1) is 18.6 Å². The van der Waals surface area contributed by atoms with E-state index >= 15 is 0 Å². The van der Waals surface area contributed by atoms with E-state index in [1.807, 2.05) is 28.8 Å². The average molecular weight is 241 g/mol. The highest BCUT2D eigenvalue weighted by atomic mass is 16.1. The van der Waals surface area contributed by atoms with E-state index in [2.05, 4.69) is 20.3 Å². The number of nitrogens with zero attached hydrogens (tertiary/aromatic N) is 3. The van der Waals surface area contributed by atoms with Gasteiger partial charge < -0.3 is 14.7 Å². The summed E-state index contributed by atoms with van der Waals surface area (Å²) in [6.07, 6.45) is 6.81. The van der Waals surface area contributed by atoms with Crippen molar-refractivity contribution < 1.29 is 4.79 Å². The van der Waals surface area contributed by atoms with Crippen LogP contribution in [0.1, 0.15) is 16.2 Å². The second kappa shape index (κ2) is 4.33. The molecule has 18 heavy (non-hydrogen) atoms. The molecule has 6 heteroatoms. The fourth-order valence-corrected chi connectivity index (χ4v) is 1.69. The Kier molecular flexibility index (Phi) is 2.53. The van der Waals surface area contributed by atoms with Crippen molar-refractivity contribution >= 4 is 11.6 Å². The fraction of sp³-hybridized carbons (Fsp3) is 0.0833. The summed E-state index contributed by atoms with van der Waals surface area (Å²) >= 11 is 0. The van der Waals surface area contributed by atoms with Crippen LogP contribution in [0.3, 0.4) is 0 Å². The normalized spacial score (nSPS) is 10.7. The summed E-state index contributed by atoms with van der Waals surface area (Å²) in [5.41, 5.74) is 2.01. The first kappa shape index (κ1) is 10.5. The van der Waals surface area contributed by atoms with Crippen LogP contribution in [0, 0.1) is 0 Å². The minimum absolute atomic E-state index is 0.201. The lowest BCUT2D eigenvalue weighted by molar-refractivity contribution is 0.0946. The van der Waals surface area contributed by atoms with Crippen molar-refractivity contribution in [3.8, 4) is 0 Å². The molecule has 3 aromatic rings. The highest BCUT2D eigenvalue weighted by Gasteiger charge is 2.10. The fourth-order valence-electron chi connectivity index (χ4n) is 1.69. The number of aromatic amines is 1. The molecule has 3 aromatic heterocycles. The number of carbonyl (C=O) groups excluding carboxylic acids is 1. The van der Waals surface area contributed by atoms with Gasteiger partial charge in [-0.15, -0.1) is 0 Å². The summed E-state index contributed by atoms with van der Waals surface area (Å²) in [5.74, 6) is -0.201. The highest BCUT2D eigenvalue weighted by Crippen LogP contribution is 2.04. The zero-order valence-electron chi connectivity index (χ0n) is 9.50. The van der Waals surface area contributed by atoms with Crippen molar-refractivity contribution in [2.45, 2.75) is 6.54 Å². The molecule has 3 heterocycles. The first-order chi connectivity index (χ1) is 8.83. The topological polar surface area (TPSA) is 75.1 Å². The van der Waals surface area contributed by atoms with E-state index in [9.17, 15) is 4.79 Å². The number of imidazole rings is 2. The van der Waals surface area contributed by atoms with E-state index in [4.69, 9.17) is 0 Å². The Morgan fingerprint density at radius 3 is 3.17 bits per heavy atom. The first-order valence-electron chi connectivity index (χ1n) is 5.52. The van der Waals surface area contributed by atoms with Crippen molar-refractivity contribution in [1.29, 1.82) is 0 Å². The molecule has 0 saturated heterocycles. The molecule has 0 bridgehead atoms. The number of hydrogen-bond acceptors (Lipinski definition) is 3. The molecule has 90 valence electrons. The van der Waals surface area contributed by atoms with Crippen LogP contribution in [0.5, 0.6) is 0 Å². The molecule has 0 saturated carbocycles. The van der Waals surface area contributed by atoms with E-state index < -0.39 is 0 Å². The standard InChI is InChI=1S/C12H11N5O/c18-12(14-6-9-5-13-8-15-9)10-7-17-4-2-1-3-11(17)16-10/h1-5,7-8H,6H2,(H,13,15)(H,14,18). The molecule has 0 aliphatic carbocycles. The molecular formula is C12H11N5O. The Bertz CT molecular complexity index is 638.